The zero-order valence-electron chi connectivity index (χ0n) is 16.2. The summed E-state index contributed by atoms with van der Waals surface area (Å²) in [7, 11) is 2.49. The number of halogens is 1. The Morgan fingerprint density at radius 3 is 2.45 bits per heavy atom. The zero-order valence-corrected chi connectivity index (χ0v) is 18.6. The Balaban J connectivity index is 2.20. The molecule has 10 heteroatoms. The van der Waals surface area contributed by atoms with Crippen molar-refractivity contribution in [1.82, 2.24) is 4.90 Å². The summed E-state index contributed by atoms with van der Waals surface area (Å²) in [5.41, 5.74) is 0.548. The Morgan fingerprint density at radius 2 is 1.90 bits per heavy atom. The van der Waals surface area contributed by atoms with Crippen molar-refractivity contribution in [1.29, 1.82) is 0 Å². The summed E-state index contributed by atoms with van der Waals surface area (Å²) in [5, 5.41) is 2.97. The fourth-order valence-corrected chi connectivity index (χ4v) is 4.89. The lowest BCUT2D eigenvalue weighted by Gasteiger charge is -2.19. The van der Waals surface area contributed by atoms with Gasteiger partial charge in [-0.05, 0) is 24.6 Å². The van der Waals surface area contributed by atoms with Crippen LogP contribution < -0.4 is 5.32 Å². The van der Waals surface area contributed by atoms with E-state index in [2.05, 4.69) is 11.9 Å². The highest BCUT2D eigenvalue weighted by atomic mass is 35.5. The summed E-state index contributed by atoms with van der Waals surface area (Å²) in [5.74, 6) is -1.56. The quantitative estimate of drug-likeness (QED) is 0.454. The van der Waals surface area contributed by atoms with Crippen LogP contribution in [0.5, 0.6) is 0 Å². The normalized spacial score (nSPS) is 10.7. The number of nitrogens with one attached hydrogen (secondary N) is 1. The van der Waals surface area contributed by atoms with E-state index in [-0.39, 0.29) is 27.9 Å². The van der Waals surface area contributed by atoms with Gasteiger partial charge in [-0.3, -0.25) is 9.69 Å². The number of carbonyl (C=O) groups excluding carboxylic acids is 3. The molecule has 1 amide bonds. The predicted molar refractivity (Wildman–Crippen MR) is 115 cm³/mol. The average molecular weight is 457 g/mol. The summed E-state index contributed by atoms with van der Waals surface area (Å²) in [6, 6.07) is 3.71. The molecule has 2 heterocycles. The van der Waals surface area contributed by atoms with Gasteiger partial charge in [-0.25, -0.2) is 9.59 Å². The molecule has 0 saturated carbocycles. The van der Waals surface area contributed by atoms with Gasteiger partial charge in [0.2, 0.25) is 5.91 Å². The number of rotatable bonds is 9. The van der Waals surface area contributed by atoms with E-state index >= 15 is 0 Å². The maximum atomic E-state index is 12.6. The van der Waals surface area contributed by atoms with Crippen molar-refractivity contribution in [3.8, 4) is 0 Å². The fourth-order valence-electron chi connectivity index (χ4n) is 2.63. The van der Waals surface area contributed by atoms with Crippen LogP contribution in [0.15, 0.2) is 24.8 Å². The number of amides is 1. The Kier molecular flexibility index (Phi) is 8.39. The summed E-state index contributed by atoms with van der Waals surface area (Å²) < 4.78 is 10.2. The van der Waals surface area contributed by atoms with E-state index in [0.717, 1.165) is 16.2 Å². The van der Waals surface area contributed by atoms with Gasteiger partial charge in [-0.1, -0.05) is 17.7 Å². The highest BCUT2D eigenvalue weighted by Crippen LogP contribution is 2.34. The molecule has 0 atom stereocenters. The van der Waals surface area contributed by atoms with E-state index in [4.69, 9.17) is 21.1 Å². The summed E-state index contributed by atoms with van der Waals surface area (Å²) in [4.78, 5) is 39.9. The SMILES string of the molecule is C=CCN(CC(=O)Nc1sc(C(=O)OC)c(C)c1C(=O)OC)Cc1ccc(Cl)s1. The van der Waals surface area contributed by atoms with Crippen LogP contribution in [-0.4, -0.2) is 50.1 Å². The zero-order chi connectivity index (χ0) is 21.6. The van der Waals surface area contributed by atoms with Gasteiger partial charge in [0.05, 0.1) is 30.7 Å². The smallest absolute Gasteiger partial charge is 0.348 e. The minimum Gasteiger partial charge on any atom is -0.465 e. The second-order valence-corrected chi connectivity index (χ2v) is 8.78. The lowest BCUT2D eigenvalue weighted by atomic mass is 10.1. The molecule has 2 rings (SSSR count). The van der Waals surface area contributed by atoms with E-state index in [1.54, 1.807) is 19.1 Å². The second kappa shape index (κ2) is 10.5. The Labute approximate surface area is 181 Å². The molecule has 0 aliphatic rings. The van der Waals surface area contributed by atoms with Crippen LogP contribution in [-0.2, 0) is 20.8 Å². The highest BCUT2D eigenvalue weighted by Gasteiger charge is 2.27. The Bertz CT molecular complexity index is 922. The van der Waals surface area contributed by atoms with Crippen molar-refractivity contribution in [2.24, 2.45) is 0 Å². The van der Waals surface area contributed by atoms with Crippen LogP contribution in [0, 0.1) is 6.92 Å². The third-order valence-corrected chi connectivity index (χ3v) is 6.33. The minimum atomic E-state index is -0.639. The molecule has 0 aliphatic carbocycles. The molecule has 0 aliphatic heterocycles. The molecule has 0 fully saturated rings. The number of esters is 2. The number of anilines is 1. The van der Waals surface area contributed by atoms with Gasteiger partial charge in [-0.2, -0.15) is 0 Å². The molecular formula is C19H21ClN2O5S2. The molecule has 7 nitrogen and oxygen atoms in total. The minimum absolute atomic E-state index is 0.0622. The third kappa shape index (κ3) is 5.89. The molecule has 2 aromatic heterocycles. The van der Waals surface area contributed by atoms with Crippen molar-refractivity contribution in [3.05, 3.63) is 50.0 Å². The first-order valence-corrected chi connectivity index (χ1v) is 10.5. The number of hydrogen-bond acceptors (Lipinski definition) is 8. The van der Waals surface area contributed by atoms with E-state index in [0.29, 0.717) is 23.0 Å². The van der Waals surface area contributed by atoms with Gasteiger partial charge < -0.3 is 14.8 Å². The highest BCUT2D eigenvalue weighted by molar-refractivity contribution is 7.18. The molecule has 0 aromatic carbocycles. The first-order valence-electron chi connectivity index (χ1n) is 8.48. The Morgan fingerprint density at radius 1 is 1.21 bits per heavy atom. The number of carbonyl (C=O) groups is 3. The second-order valence-electron chi connectivity index (χ2n) is 5.96. The first kappa shape index (κ1) is 23.1. The molecule has 0 radical (unpaired) electrons. The summed E-state index contributed by atoms with van der Waals surface area (Å²) in [6.07, 6.45) is 1.70. The van der Waals surface area contributed by atoms with Crippen molar-refractivity contribution in [2.45, 2.75) is 13.5 Å². The third-order valence-electron chi connectivity index (χ3n) is 3.92. The van der Waals surface area contributed by atoms with Crippen LogP contribution in [0.4, 0.5) is 5.00 Å². The van der Waals surface area contributed by atoms with Crippen molar-refractivity contribution < 1.29 is 23.9 Å². The lowest BCUT2D eigenvalue weighted by molar-refractivity contribution is -0.117. The van der Waals surface area contributed by atoms with Crippen LogP contribution in [0.3, 0.4) is 0 Å². The van der Waals surface area contributed by atoms with Gasteiger partial charge >= 0.3 is 11.9 Å². The van der Waals surface area contributed by atoms with E-state index < -0.39 is 11.9 Å². The number of nitrogens with zero attached hydrogens (tertiary/aromatic N) is 1. The molecule has 156 valence electrons. The molecule has 0 unspecified atom stereocenters. The molecule has 0 saturated heterocycles. The van der Waals surface area contributed by atoms with Gasteiger partial charge in [-0.15, -0.1) is 29.3 Å². The van der Waals surface area contributed by atoms with Gasteiger partial charge in [0, 0.05) is 18.0 Å². The molecule has 2 aromatic rings. The van der Waals surface area contributed by atoms with Gasteiger partial charge in [0.15, 0.2) is 0 Å². The van der Waals surface area contributed by atoms with Crippen molar-refractivity contribution >= 4 is 57.1 Å². The van der Waals surface area contributed by atoms with Crippen LogP contribution >= 0.6 is 34.3 Å². The molecule has 0 spiro atoms. The fraction of sp³-hybridized carbons (Fsp3) is 0.316. The van der Waals surface area contributed by atoms with Crippen LogP contribution in [0.25, 0.3) is 0 Å². The van der Waals surface area contributed by atoms with Crippen LogP contribution in [0.1, 0.15) is 30.5 Å². The van der Waals surface area contributed by atoms with E-state index in [9.17, 15) is 14.4 Å². The summed E-state index contributed by atoms with van der Waals surface area (Å²) >= 11 is 8.39. The molecule has 1 N–H and O–H groups in total. The van der Waals surface area contributed by atoms with E-state index in [1.165, 1.54) is 25.6 Å². The number of ether oxygens (including phenoxy) is 2. The molecule has 0 bridgehead atoms. The van der Waals surface area contributed by atoms with Crippen molar-refractivity contribution in [2.75, 3.05) is 32.6 Å². The number of hydrogen-bond donors (Lipinski definition) is 1. The number of methoxy groups -OCH3 is 2. The first-order chi connectivity index (χ1) is 13.8. The summed E-state index contributed by atoms with van der Waals surface area (Å²) in [6.45, 7) is 6.41. The molecule has 29 heavy (non-hydrogen) atoms. The standard InChI is InChI=1S/C19H21ClN2O5S2/c1-5-8-22(9-12-6-7-13(20)28-12)10-14(23)21-17-15(18(24)26-3)11(2)16(29-17)19(25)27-4/h5-7H,1,8-10H2,2-4H3,(H,21,23). The lowest BCUT2D eigenvalue weighted by Crippen LogP contribution is -2.33. The Hall–Kier alpha value is -2.20. The van der Waals surface area contributed by atoms with Gasteiger partial charge in [0.1, 0.15) is 9.88 Å². The predicted octanol–water partition coefficient (Wildman–Crippen LogP) is 3.97. The topological polar surface area (TPSA) is 84.9 Å². The monoisotopic (exact) mass is 456 g/mol. The average Bonchev–Trinajstić information content (AvgIpc) is 3.23. The largest absolute Gasteiger partial charge is 0.465 e. The number of thiophene rings is 2. The van der Waals surface area contributed by atoms with E-state index in [1.807, 2.05) is 11.0 Å². The maximum Gasteiger partial charge on any atom is 0.348 e. The van der Waals surface area contributed by atoms with Crippen molar-refractivity contribution in [3.63, 3.8) is 0 Å². The van der Waals surface area contributed by atoms with Gasteiger partial charge in [0.25, 0.3) is 0 Å². The molecular weight excluding hydrogens is 436 g/mol. The maximum absolute atomic E-state index is 12.6. The van der Waals surface area contributed by atoms with Crippen LogP contribution in [0.2, 0.25) is 4.34 Å².